The van der Waals surface area contributed by atoms with Gasteiger partial charge in [0.15, 0.2) is 6.29 Å². The van der Waals surface area contributed by atoms with E-state index in [9.17, 15) is 30.3 Å². The van der Waals surface area contributed by atoms with Crippen LogP contribution in [0.25, 0.3) is 0 Å². The van der Waals surface area contributed by atoms with E-state index in [-0.39, 0.29) is 12.5 Å². The molecule has 6 N–H and O–H groups in total. The maximum Gasteiger partial charge on any atom is 0.220 e. The van der Waals surface area contributed by atoms with Gasteiger partial charge in [-0.15, -0.1) is 0 Å². The number of carbonyl (C=O) groups is 1. The molecule has 0 saturated carbocycles. The first-order valence-corrected chi connectivity index (χ1v) is 24.1. The van der Waals surface area contributed by atoms with Gasteiger partial charge in [-0.2, -0.15) is 0 Å². The Hall–Kier alpha value is -3.15. The average molecular weight is 866 g/mol. The van der Waals surface area contributed by atoms with Crippen molar-refractivity contribution in [2.45, 2.75) is 204 Å². The molecule has 0 aromatic heterocycles. The second-order valence-corrected chi connectivity index (χ2v) is 16.2. The van der Waals surface area contributed by atoms with Crippen LogP contribution in [0.4, 0.5) is 0 Å². The highest BCUT2D eigenvalue weighted by atomic mass is 16.7. The van der Waals surface area contributed by atoms with Crippen LogP contribution in [0, 0.1) is 0 Å². The van der Waals surface area contributed by atoms with Crippen LogP contribution in [0.5, 0.6) is 0 Å². The monoisotopic (exact) mass is 866 g/mol. The molecule has 7 atom stereocenters. The van der Waals surface area contributed by atoms with E-state index in [1.807, 2.05) is 0 Å². The molecule has 1 heterocycles. The van der Waals surface area contributed by atoms with E-state index in [1.165, 1.54) is 32.1 Å². The Morgan fingerprint density at radius 3 is 1.47 bits per heavy atom. The number of nitrogens with one attached hydrogen (secondary N) is 1. The molecule has 9 heteroatoms. The van der Waals surface area contributed by atoms with E-state index in [2.05, 4.69) is 129 Å². The van der Waals surface area contributed by atoms with Crippen molar-refractivity contribution in [2.75, 3.05) is 13.2 Å². The van der Waals surface area contributed by atoms with E-state index in [0.29, 0.717) is 12.8 Å². The Balaban J connectivity index is 2.24. The third-order valence-corrected chi connectivity index (χ3v) is 10.6. The SMILES string of the molecule is CC/C=C\C/C=C\C/C=C\C/C=C\C/C=C\C/C=C\C/C=C\C/C=C\C/C=C\CCCCCC(=O)NC(COC1OC(CO)C(O)C(O)C1O)C(O)CCCCCCCCCC. The van der Waals surface area contributed by atoms with Crippen LogP contribution in [0.1, 0.15) is 162 Å². The molecule has 0 aromatic rings. The molecule has 7 unspecified atom stereocenters. The summed E-state index contributed by atoms with van der Waals surface area (Å²) in [5, 5.41) is 54.1. The second kappa shape index (κ2) is 41.8. The lowest BCUT2D eigenvalue weighted by atomic mass is 9.99. The lowest BCUT2D eigenvalue weighted by molar-refractivity contribution is -0.302. The van der Waals surface area contributed by atoms with E-state index in [1.54, 1.807) is 0 Å². The third kappa shape index (κ3) is 31.7. The lowest BCUT2D eigenvalue weighted by Crippen LogP contribution is -2.60. The minimum Gasteiger partial charge on any atom is -0.394 e. The van der Waals surface area contributed by atoms with Gasteiger partial charge in [0.05, 0.1) is 25.4 Å². The molecule has 62 heavy (non-hydrogen) atoms. The standard InChI is InChI=1S/C53H87NO8/c1-3-5-7-9-11-13-14-15-16-17-18-19-20-21-22-23-24-25-26-27-28-29-30-31-32-33-34-35-37-39-41-43-49(57)54-46(47(56)42-40-38-36-12-10-8-6-4-2)45-61-53-52(60)51(59)50(58)48(44-55)62-53/h5,7,11,13,15-16,18-19,21-22,24-25,27-28,30-31,33-34,46-48,50-53,55-56,58-60H,3-4,6,8-10,12,14,17,20,23,26,29,32,35-45H2,1-2H3,(H,54,57)/b7-5-,13-11-,16-15-,19-18-,22-21-,25-24-,28-27-,31-30-,34-33-. The zero-order valence-electron chi connectivity index (χ0n) is 38.6. The number of rotatable bonds is 38. The Morgan fingerprint density at radius 1 is 0.565 bits per heavy atom. The lowest BCUT2D eigenvalue weighted by Gasteiger charge is -2.40. The largest absolute Gasteiger partial charge is 0.394 e. The van der Waals surface area contributed by atoms with Crippen molar-refractivity contribution in [3.8, 4) is 0 Å². The Morgan fingerprint density at radius 2 is 1.00 bits per heavy atom. The van der Waals surface area contributed by atoms with Crippen LogP contribution in [0.15, 0.2) is 109 Å². The number of ether oxygens (including phenoxy) is 2. The van der Waals surface area contributed by atoms with E-state index in [4.69, 9.17) is 9.47 Å². The van der Waals surface area contributed by atoms with E-state index in [0.717, 1.165) is 103 Å². The molecule has 9 nitrogen and oxygen atoms in total. The van der Waals surface area contributed by atoms with E-state index < -0.39 is 49.5 Å². The fourth-order valence-electron chi connectivity index (χ4n) is 6.80. The maximum absolute atomic E-state index is 12.9. The molecule has 1 rings (SSSR count). The fraction of sp³-hybridized carbons (Fsp3) is 0.642. The van der Waals surface area contributed by atoms with Gasteiger partial charge in [-0.3, -0.25) is 4.79 Å². The van der Waals surface area contributed by atoms with Crippen LogP contribution in [-0.2, 0) is 14.3 Å². The summed E-state index contributed by atoms with van der Waals surface area (Å²) in [6, 6.07) is -0.742. The molecule has 0 bridgehead atoms. The highest BCUT2D eigenvalue weighted by Crippen LogP contribution is 2.23. The zero-order valence-corrected chi connectivity index (χ0v) is 38.6. The van der Waals surface area contributed by atoms with Gasteiger partial charge in [0.2, 0.25) is 5.91 Å². The number of amides is 1. The van der Waals surface area contributed by atoms with Crippen LogP contribution < -0.4 is 5.32 Å². The third-order valence-electron chi connectivity index (χ3n) is 10.6. The first kappa shape index (κ1) is 56.9. The minimum atomic E-state index is -1.56. The van der Waals surface area contributed by atoms with Crippen LogP contribution in [-0.4, -0.2) is 87.5 Å². The van der Waals surface area contributed by atoms with Crippen molar-refractivity contribution in [1.82, 2.24) is 5.32 Å². The van der Waals surface area contributed by atoms with Gasteiger partial charge in [-0.05, 0) is 83.5 Å². The number of carbonyl (C=O) groups excluding carboxylic acids is 1. The molecule has 0 aliphatic carbocycles. The molecule has 1 amide bonds. The quantitative estimate of drug-likeness (QED) is 0.0265. The molecule has 1 aliphatic heterocycles. The number of hydrogen-bond donors (Lipinski definition) is 6. The summed E-state index contributed by atoms with van der Waals surface area (Å²) in [6.07, 6.45) is 54.1. The molecular formula is C53H87NO8. The molecule has 352 valence electrons. The summed E-state index contributed by atoms with van der Waals surface area (Å²) in [6.45, 7) is 3.63. The summed E-state index contributed by atoms with van der Waals surface area (Å²) < 4.78 is 11.2. The Kier molecular flexibility index (Phi) is 38.4. The molecule has 0 aromatic carbocycles. The number of aliphatic hydroxyl groups excluding tert-OH is 5. The number of unbranched alkanes of at least 4 members (excludes halogenated alkanes) is 10. The first-order valence-electron chi connectivity index (χ1n) is 24.1. The Bertz CT molecular complexity index is 1330. The number of aliphatic hydroxyl groups is 5. The average Bonchev–Trinajstić information content (AvgIpc) is 3.27. The number of allylic oxidation sites excluding steroid dienone is 18. The van der Waals surface area contributed by atoms with Crippen LogP contribution >= 0.6 is 0 Å². The highest BCUT2D eigenvalue weighted by molar-refractivity contribution is 5.76. The summed E-state index contributed by atoms with van der Waals surface area (Å²) in [5.74, 6) is -0.186. The van der Waals surface area contributed by atoms with Gasteiger partial charge in [0, 0.05) is 6.42 Å². The predicted octanol–water partition coefficient (Wildman–Crippen LogP) is 10.7. The van der Waals surface area contributed by atoms with Gasteiger partial charge in [0.25, 0.3) is 0 Å². The first-order chi connectivity index (χ1) is 30.3. The normalized spacial score (nSPS) is 21.3. The molecule has 0 spiro atoms. The molecular weight excluding hydrogens is 779 g/mol. The zero-order chi connectivity index (χ0) is 45.1. The van der Waals surface area contributed by atoms with Crippen LogP contribution in [0.3, 0.4) is 0 Å². The topological polar surface area (TPSA) is 149 Å². The summed E-state index contributed by atoms with van der Waals surface area (Å²) in [7, 11) is 0. The van der Waals surface area contributed by atoms with Crippen molar-refractivity contribution < 1.29 is 39.8 Å². The Labute approximate surface area is 376 Å². The molecule has 0 radical (unpaired) electrons. The smallest absolute Gasteiger partial charge is 0.220 e. The van der Waals surface area contributed by atoms with Crippen LogP contribution in [0.2, 0.25) is 0 Å². The van der Waals surface area contributed by atoms with E-state index >= 15 is 0 Å². The highest BCUT2D eigenvalue weighted by Gasteiger charge is 2.44. The van der Waals surface area contributed by atoms with Crippen molar-refractivity contribution in [2.24, 2.45) is 0 Å². The van der Waals surface area contributed by atoms with Crippen molar-refractivity contribution in [3.05, 3.63) is 109 Å². The maximum atomic E-state index is 12.9. The van der Waals surface area contributed by atoms with Gasteiger partial charge in [-0.1, -0.05) is 181 Å². The van der Waals surface area contributed by atoms with Crippen molar-refractivity contribution in [1.29, 1.82) is 0 Å². The van der Waals surface area contributed by atoms with Crippen molar-refractivity contribution >= 4 is 5.91 Å². The summed E-state index contributed by atoms with van der Waals surface area (Å²) in [5.41, 5.74) is 0. The molecule has 1 fully saturated rings. The second-order valence-electron chi connectivity index (χ2n) is 16.2. The fourth-order valence-corrected chi connectivity index (χ4v) is 6.80. The summed E-state index contributed by atoms with van der Waals surface area (Å²) >= 11 is 0. The van der Waals surface area contributed by atoms with Crippen molar-refractivity contribution in [3.63, 3.8) is 0 Å². The predicted molar refractivity (Wildman–Crippen MR) is 257 cm³/mol. The van der Waals surface area contributed by atoms with Gasteiger partial charge < -0.3 is 40.3 Å². The van der Waals surface area contributed by atoms with Gasteiger partial charge in [-0.25, -0.2) is 0 Å². The minimum absolute atomic E-state index is 0.160. The van der Waals surface area contributed by atoms with Gasteiger partial charge >= 0.3 is 0 Å². The van der Waals surface area contributed by atoms with Gasteiger partial charge in [0.1, 0.15) is 24.4 Å². The molecule has 1 saturated heterocycles. The summed E-state index contributed by atoms with van der Waals surface area (Å²) in [4.78, 5) is 12.9. The molecule has 1 aliphatic rings. The number of hydrogen-bond acceptors (Lipinski definition) is 8.